The molecule has 0 aliphatic carbocycles. The van der Waals surface area contributed by atoms with Gasteiger partial charge in [0.25, 0.3) is 5.91 Å². The van der Waals surface area contributed by atoms with Crippen molar-refractivity contribution in [1.82, 2.24) is 5.32 Å². The second-order valence-corrected chi connectivity index (χ2v) is 14.4. The summed E-state index contributed by atoms with van der Waals surface area (Å²) in [6.45, 7) is 0. The summed E-state index contributed by atoms with van der Waals surface area (Å²) in [6.07, 6.45) is 0. The van der Waals surface area contributed by atoms with Crippen molar-refractivity contribution in [3.05, 3.63) is 172 Å². The number of carbonyl (C=O) groups excluding carboxylic acids is 2. The smallest absolute Gasteiger partial charge is 0.258 e. The topological polar surface area (TPSA) is 46.2 Å². The van der Waals surface area contributed by atoms with Crippen LogP contribution in [0, 0.1) is 0 Å². The average molecular weight is 717 g/mol. The molecular formula is C35H28Br2NO2PS. The van der Waals surface area contributed by atoms with Crippen LogP contribution in [0.15, 0.2) is 161 Å². The second kappa shape index (κ2) is 15.3. The fourth-order valence-electron chi connectivity index (χ4n) is 4.71. The molecule has 0 saturated carbocycles. The first-order valence-corrected chi connectivity index (χ1v) is 16.8. The van der Waals surface area contributed by atoms with E-state index in [4.69, 9.17) is 0 Å². The van der Waals surface area contributed by atoms with Gasteiger partial charge < -0.3 is 17.0 Å². The number of halogens is 2. The summed E-state index contributed by atoms with van der Waals surface area (Å²) in [5.41, 5.74) is 2.00. The van der Waals surface area contributed by atoms with Gasteiger partial charge in [-0.05, 0) is 60.7 Å². The normalized spacial score (nSPS) is 11.3. The Morgan fingerprint density at radius 2 is 1.05 bits per heavy atom. The Labute approximate surface area is 270 Å². The van der Waals surface area contributed by atoms with Gasteiger partial charge in [0.1, 0.15) is 15.9 Å². The van der Waals surface area contributed by atoms with Crippen LogP contribution < -0.4 is 38.2 Å². The zero-order valence-corrected chi connectivity index (χ0v) is 27.5. The third-order valence-electron chi connectivity index (χ3n) is 6.64. The average Bonchev–Trinajstić information content (AvgIpc) is 3.03. The maximum Gasteiger partial charge on any atom is 0.258 e. The molecule has 0 bridgehead atoms. The molecule has 5 aromatic rings. The van der Waals surface area contributed by atoms with Gasteiger partial charge >= 0.3 is 0 Å². The number of Topliss-reactive ketones (excluding diaryl/α,β-unsaturated/α-hetero) is 1. The molecule has 0 fully saturated rings. The summed E-state index contributed by atoms with van der Waals surface area (Å²) in [5.74, 6) is 0.0736. The highest BCUT2D eigenvalue weighted by Crippen LogP contribution is 2.61. The van der Waals surface area contributed by atoms with Crippen molar-refractivity contribution < 1.29 is 26.6 Å². The minimum Gasteiger partial charge on any atom is -1.00 e. The SMILES string of the molecule is O=C(CSC=C(NC(=O)c1ccccc1)[P+](c1ccccc1)(c1ccccc1)c1ccccc1)c1ccc(Br)cc1.[Br-]. The first kappa shape index (κ1) is 31.7. The first-order valence-electron chi connectivity index (χ1n) is 13.1. The van der Waals surface area contributed by atoms with E-state index in [1.807, 2.05) is 115 Å². The third-order valence-corrected chi connectivity index (χ3v) is 12.4. The number of carbonyl (C=O) groups is 2. The predicted molar refractivity (Wildman–Crippen MR) is 178 cm³/mol. The molecule has 5 aromatic carbocycles. The molecule has 0 spiro atoms. The van der Waals surface area contributed by atoms with E-state index in [2.05, 4.69) is 57.6 Å². The van der Waals surface area contributed by atoms with Crippen molar-refractivity contribution in [3.8, 4) is 0 Å². The molecule has 0 heterocycles. The van der Waals surface area contributed by atoms with Crippen molar-refractivity contribution >= 4 is 62.6 Å². The van der Waals surface area contributed by atoms with Crippen LogP contribution in [0.5, 0.6) is 0 Å². The summed E-state index contributed by atoms with van der Waals surface area (Å²) in [6, 6.07) is 47.7. The van der Waals surface area contributed by atoms with Gasteiger partial charge in [-0.15, -0.1) is 11.8 Å². The van der Waals surface area contributed by atoms with Gasteiger partial charge in [0, 0.05) is 21.0 Å². The zero-order valence-electron chi connectivity index (χ0n) is 22.6. The molecule has 0 aromatic heterocycles. The van der Waals surface area contributed by atoms with Crippen molar-refractivity contribution in [2.24, 2.45) is 0 Å². The first-order chi connectivity index (χ1) is 20.1. The largest absolute Gasteiger partial charge is 1.00 e. The fourth-order valence-corrected chi connectivity index (χ4v) is 10.3. The standard InChI is InChI=1S/C35H27BrNO2PS.BrH/c36-29-23-21-27(22-24-29)33(38)25-41-26-34(37-35(39)28-13-5-1-6-14-28)40(30-15-7-2-8-16-30,31-17-9-3-10-18-31)32-19-11-4-12-20-32;/h1-24,26H,25H2;1H. The minimum absolute atomic E-state index is 0. The Bertz CT molecular complexity index is 1540. The molecule has 5 rings (SSSR count). The molecule has 0 unspecified atom stereocenters. The van der Waals surface area contributed by atoms with Crippen LogP contribution in [0.25, 0.3) is 0 Å². The molecule has 1 amide bonds. The quantitative estimate of drug-likeness (QED) is 0.170. The number of rotatable bonds is 10. The Balaban J connectivity index is 0.00000405. The van der Waals surface area contributed by atoms with Crippen LogP contribution in [0.2, 0.25) is 0 Å². The van der Waals surface area contributed by atoms with Gasteiger partial charge in [-0.3, -0.25) is 14.9 Å². The second-order valence-electron chi connectivity index (χ2n) is 9.24. The number of hydrogen-bond acceptors (Lipinski definition) is 3. The van der Waals surface area contributed by atoms with Crippen LogP contribution in [-0.4, -0.2) is 17.4 Å². The van der Waals surface area contributed by atoms with Crippen LogP contribution in [0.4, 0.5) is 0 Å². The number of hydrogen-bond donors (Lipinski definition) is 1. The molecule has 0 radical (unpaired) electrons. The molecule has 1 N–H and O–H groups in total. The Morgan fingerprint density at radius 1 is 0.619 bits per heavy atom. The summed E-state index contributed by atoms with van der Waals surface area (Å²) in [5, 5.41) is 8.63. The van der Waals surface area contributed by atoms with Crippen LogP contribution >= 0.6 is 35.0 Å². The van der Waals surface area contributed by atoms with Gasteiger partial charge in [-0.2, -0.15) is 0 Å². The van der Waals surface area contributed by atoms with Crippen molar-refractivity contribution in [2.75, 3.05) is 5.75 Å². The molecule has 42 heavy (non-hydrogen) atoms. The molecule has 0 saturated heterocycles. The summed E-state index contributed by atoms with van der Waals surface area (Å²) in [4.78, 5) is 26.8. The highest BCUT2D eigenvalue weighted by molar-refractivity contribution is 9.10. The Hall–Kier alpha value is -3.28. The summed E-state index contributed by atoms with van der Waals surface area (Å²) >= 11 is 4.84. The van der Waals surface area contributed by atoms with E-state index in [0.29, 0.717) is 11.1 Å². The lowest BCUT2D eigenvalue weighted by atomic mass is 10.2. The predicted octanol–water partition coefficient (Wildman–Crippen LogP) is 4.59. The minimum atomic E-state index is -2.59. The highest BCUT2D eigenvalue weighted by Gasteiger charge is 2.50. The molecular weight excluding hydrogens is 689 g/mol. The van der Waals surface area contributed by atoms with Crippen molar-refractivity contribution in [3.63, 3.8) is 0 Å². The van der Waals surface area contributed by atoms with Crippen LogP contribution in [0.1, 0.15) is 20.7 Å². The van der Waals surface area contributed by atoms with E-state index in [-0.39, 0.29) is 34.4 Å². The monoisotopic (exact) mass is 715 g/mol. The number of nitrogens with one attached hydrogen (secondary N) is 1. The molecule has 3 nitrogen and oxygen atoms in total. The van der Waals surface area contributed by atoms with Crippen molar-refractivity contribution in [2.45, 2.75) is 0 Å². The summed E-state index contributed by atoms with van der Waals surface area (Å²) < 4.78 is 0.927. The maximum atomic E-state index is 13.7. The van der Waals surface area contributed by atoms with Crippen LogP contribution in [0.3, 0.4) is 0 Å². The summed E-state index contributed by atoms with van der Waals surface area (Å²) in [7, 11) is -2.59. The lowest BCUT2D eigenvalue weighted by molar-refractivity contribution is -0.0000236. The number of benzene rings is 5. The lowest BCUT2D eigenvalue weighted by Crippen LogP contribution is -3.00. The molecule has 7 heteroatoms. The lowest BCUT2D eigenvalue weighted by Gasteiger charge is -2.29. The van der Waals surface area contributed by atoms with Gasteiger partial charge in [0.2, 0.25) is 0 Å². The molecule has 0 atom stereocenters. The van der Waals surface area contributed by atoms with Gasteiger partial charge in [0.15, 0.2) is 18.5 Å². The zero-order chi connectivity index (χ0) is 28.5. The van der Waals surface area contributed by atoms with E-state index >= 15 is 0 Å². The molecule has 0 aliphatic rings. The fraction of sp³-hybridized carbons (Fsp3) is 0.0286. The van der Waals surface area contributed by atoms with E-state index in [1.165, 1.54) is 11.8 Å². The van der Waals surface area contributed by atoms with E-state index in [1.54, 1.807) is 0 Å². The van der Waals surface area contributed by atoms with Gasteiger partial charge in [-0.25, -0.2) is 0 Å². The van der Waals surface area contributed by atoms with E-state index in [9.17, 15) is 9.59 Å². The van der Waals surface area contributed by atoms with Gasteiger partial charge in [-0.1, -0.05) is 101 Å². The number of amides is 1. The van der Waals surface area contributed by atoms with E-state index in [0.717, 1.165) is 25.8 Å². The van der Waals surface area contributed by atoms with E-state index < -0.39 is 7.26 Å². The maximum absolute atomic E-state index is 13.7. The van der Waals surface area contributed by atoms with Crippen LogP contribution in [-0.2, 0) is 0 Å². The molecule has 210 valence electrons. The molecule has 0 aliphatic heterocycles. The number of ketones is 1. The van der Waals surface area contributed by atoms with Crippen molar-refractivity contribution in [1.29, 1.82) is 0 Å². The van der Waals surface area contributed by atoms with Gasteiger partial charge in [0.05, 0.1) is 5.75 Å². The highest BCUT2D eigenvalue weighted by atomic mass is 79.9. The Morgan fingerprint density at radius 3 is 1.50 bits per heavy atom. The number of thioether (sulfide) groups is 1. The third kappa shape index (κ3) is 7.19. The Kier molecular flexibility index (Phi) is 11.5.